The Hall–Kier alpha value is -0.710. The minimum Gasteiger partial charge on any atom is -0.323 e. The summed E-state index contributed by atoms with van der Waals surface area (Å²) in [7, 11) is 0. The molecule has 0 radical (unpaired) electrons. The number of hydrogen-bond acceptors (Lipinski definition) is 2. The van der Waals surface area contributed by atoms with Crippen molar-refractivity contribution < 1.29 is 0 Å². The van der Waals surface area contributed by atoms with Crippen molar-refractivity contribution in [3.05, 3.63) is 62.3 Å². The number of halogens is 2. The quantitative estimate of drug-likeness (QED) is 0.798. The van der Waals surface area contributed by atoms with Crippen LogP contribution in [0.2, 0.25) is 0 Å². The van der Waals surface area contributed by atoms with Crippen molar-refractivity contribution in [3.63, 3.8) is 0 Å². The smallest absolute Gasteiger partial charge is 0.0485 e. The molecule has 1 aliphatic rings. The number of fused-ring (bicyclic) bond motifs is 1. The van der Waals surface area contributed by atoms with E-state index in [1.54, 1.807) is 0 Å². The average molecular weight is 396 g/mol. The van der Waals surface area contributed by atoms with E-state index in [9.17, 15) is 0 Å². The van der Waals surface area contributed by atoms with Gasteiger partial charge < -0.3 is 5.73 Å². The first kappa shape index (κ1) is 14.2. The van der Waals surface area contributed by atoms with Gasteiger partial charge in [-0.3, -0.25) is 4.98 Å². The fraction of sp³-hybridized carbons (Fsp3) is 0.312. The molecular weight excluding hydrogens is 380 g/mol. The molecule has 4 heteroatoms. The molecule has 0 saturated carbocycles. The lowest BCUT2D eigenvalue weighted by Crippen LogP contribution is -2.25. The van der Waals surface area contributed by atoms with Crippen LogP contribution in [-0.2, 0) is 6.42 Å². The van der Waals surface area contributed by atoms with E-state index in [1.165, 1.54) is 17.7 Å². The van der Waals surface area contributed by atoms with E-state index in [0.717, 1.165) is 27.4 Å². The maximum Gasteiger partial charge on any atom is 0.0485 e. The summed E-state index contributed by atoms with van der Waals surface area (Å²) in [6, 6.07) is 10.3. The van der Waals surface area contributed by atoms with Crippen molar-refractivity contribution in [3.8, 4) is 0 Å². The number of hydrogen-bond donors (Lipinski definition) is 1. The van der Waals surface area contributed by atoms with Gasteiger partial charge in [-0.15, -0.1) is 0 Å². The second-order valence-corrected chi connectivity index (χ2v) is 7.01. The Kier molecular flexibility index (Phi) is 4.24. The van der Waals surface area contributed by atoms with Gasteiger partial charge in [0.25, 0.3) is 0 Å². The molecule has 1 aromatic heterocycles. The first-order valence-electron chi connectivity index (χ1n) is 6.81. The Morgan fingerprint density at radius 2 is 2.10 bits per heavy atom. The Morgan fingerprint density at radius 1 is 1.25 bits per heavy atom. The van der Waals surface area contributed by atoms with Crippen molar-refractivity contribution in [2.75, 3.05) is 0 Å². The predicted molar refractivity (Wildman–Crippen MR) is 88.7 cm³/mol. The fourth-order valence-corrected chi connectivity index (χ4v) is 3.87. The summed E-state index contributed by atoms with van der Waals surface area (Å²) in [5.74, 6) is 0.297. The molecule has 0 fully saturated rings. The summed E-state index contributed by atoms with van der Waals surface area (Å²) in [5, 5.41) is 0. The normalized spacial score (nSPS) is 19.4. The fourth-order valence-electron chi connectivity index (χ4n) is 2.98. The van der Waals surface area contributed by atoms with Gasteiger partial charge in [0.15, 0.2) is 0 Å². The zero-order chi connectivity index (χ0) is 14.1. The zero-order valence-electron chi connectivity index (χ0n) is 11.0. The summed E-state index contributed by atoms with van der Waals surface area (Å²) < 4.78 is 2.12. The van der Waals surface area contributed by atoms with Crippen LogP contribution in [-0.4, -0.2) is 4.98 Å². The third-order valence-corrected chi connectivity index (χ3v) is 5.20. The van der Waals surface area contributed by atoms with Crippen LogP contribution in [0.15, 0.2) is 45.5 Å². The number of aromatic nitrogens is 1. The maximum absolute atomic E-state index is 6.56. The van der Waals surface area contributed by atoms with E-state index in [4.69, 9.17) is 5.73 Å². The van der Waals surface area contributed by atoms with E-state index < -0.39 is 0 Å². The number of pyridine rings is 1. The van der Waals surface area contributed by atoms with Gasteiger partial charge in [-0.25, -0.2) is 0 Å². The number of aryl methyl sites for hydroxylation is 1. The molecule has 2 aromatic rings. The van der Waals surface area contributed by atoms with E-state index in [2.05, 4.69) is 49.0 Å². The van der Waals surface area contributed by atoms with Gasteiger partial charge in [-0.2, -0.15) is 0 Å². The highest BCUT2D eigenvalue weighted by Crippen LogP contribution is 2.40. The topological polar surface area (TPSA) is 38.9 Å². The molecule has 3 rings (SSSR count). The zero-order valence-corrected chi connectivity index (χ0v) is 14.2. The molecule has 0 bridgehead atoms. The number of benzene rings is 1. The molecule has 1 aromatic carbocycles. The minimum absolute atomic E-state index is 0.0316. The Morgan fingerprint density at radius 3 is 2.95 bits per heavy atom. The van der Waals surface area contributed by atoms with Gasteiger partial charge in [0.1, 0.15) is 0 Å². The number of nitrogens with two attached hydrogens (primary N) is 1. The standard InChI is InChI=1S/C16H16Br2N2/c17-11-6-7-14(18)13(9-11)15(19)12-5-1-3-10-4-2-8-20-16(10)12/h2,4,6-9,12,15H,1,3,5,19H2. The highest BCUT2D eigenvalue weighted by Gasteiger charge is 2.28. The van der Waals surface area contributed by atoms with E-state index in [0.29, 0.717) is 5.92 Å². The van der Waals surface area contributed by atoms with Gasteiger partial charge >= 0.3 is 0 Å². The summed E-state index contributed by atoms with van der Waals surface area (Å²) in [5.41, 5.74) is 10.2. The minimum atomic E-state index is -0.0316. The summed E-state index contributed by atoms with van der Waals surface area (Å²) >= 11 is 7.14. The molecular formula is C16H16Br2N2. The van der Waals surface area contributed by atoms with Crippen LogP contribution in [0, 0.1) is 0 Å². The van der Waals surface area contributed by atoms with Crippen molar-refractivity contribution >= 4 is 31.9 Å². The highest BCUT2D eigenvalue weighted by atomic mass is 79.9. The largest absolute Gasteiger partial charge is 0.323 e. The predicted octanol–water partition coefficient (Wildman–Crippen LogP) is 4.73. The molecule has 2 atom stereocenters. The van der Waals surface area contributed by atoms with Crippen LogP contribution < -0.4 is 5.73 Å². The van der Waals surface area contributed by atoms with Gasteiger partial charge in [-0.1, -0.05) is 37.9 Å². The van der Waals surface area contributed by atoms with Crippen LogP contribution in [0.3, 0.4) is 0 Å². The Labute approximate surface area is 136 Å². The van der Waals surface area contributed by atoms with Gasteiger partial charge in [0, 0.05) is 32.8 Å². The lowest BCUT2D eigenvalue weighted by molar-refractivity contribution is 0.462. The van der Waals surface area contributed by atoms with Gasteiger partial charge in [-0.05, 0) is 54.7 Å². The van der Waals surface area contributed by atoms with Crippen LogP contribution >= 0.6 is 31.9 Å². The SMILES string of the molecule is NC(c1cc(Br)ccc1Br)C1CCCc2cccnc21. The van der Waals surface area contributed by atoms with E-state index in [-0.39, 0.29) is 6.04 Å². The monoisotopic (exact) mass is 394 g/mol. The van der Waals surface area contributed by atoms with E-state index in [1.807, 2.05) is 24.4 Å². The molecule has 1 heterocycles. The highest BCUT2D eigenvalue weighted by molar-refractivity contribution is 9.11. The molecule has 0 aliphatic heterocycles. The molecule has 2 unspecified atom stereocenters. The molecule has 0 saturated heterocycles. The van der Waals surface area contributed by atoms with Crippen molar-refractivity contribution in [2.24, 2.45) is 5.73 Å². The third-order valence-electron chi connectivity index (χ3n) is 3.99. The lowest BCUT2D eigenvalue weighted by atomic mass is 9.80. The second-order valence-electron chi connectivity index (χ2n) is 5.24. The van der Waals surface area contributed by atoms with Crippen LogP contribution in [0.5, 0.6) is 0 Å². The van der Waals surface area contributed by atoms with Crippen molar-refractivity contribution in [1.82, 2.24) is 4.98 Å². The van der Waals surface area contributed by atoms with Crippen molar-refractivity contribution in [1.29, 1.82) is 0 Å². The van der Waals surface area contributed by atoms with Crippen molar-refractivity contribution in [2.45, 2.75) is 31.2 Å². The first-order chi connectivity index (χ1) is 9.66. The van der Waals surface area contributed by atoms with E-state index >= 15 is 0 Å². The Bertz CT molecular complexity index is 628. The molecule has 1 aliphatic carbocycles. The molecule has 0 amide bonds. The molecule has 2 nitrogen and oxygen atoms in total. The second kappa shape index (κ2) is 5.96. The maximum atomic E-state index is 6.56. The summed E-state index contributed by atoms with van der Waals surface area (Å²) in [6.45, 7) is 0. The summed E-state index contributed by atoms with van der Waals surface area (Å²) in [4.78, 5) is 4.59. The summed E-state index contributed by atoms with van der Waals surface area (Å²) in [6.07, 6.45) is 5.28. The average Bonchev–Trinajstić information content (AvgIpc) is 2.48. The third kappa shape index (κ3) is 2.69. The molecule has 0 spiro atoms. The molecule has 104 valence electrons. The van der Waals surface area contributed by atoms with Crippen LogP contribution in [0.4, 0.5) is 0 Å². The lowest BCUT2D eigenvalue weighted by Gasteiger charge is -2.30. The number of rotatable bonds is 2. The van der Waals surface area contributed by atoms with Gasteiger partial charge in [0.05, 0.1) is 0 Å². The van der Waals surface area contributed by atoms with Crippen LogP contribution in [0.1, 0.15) is 41.6 Å². The molecule has 20 heavy (non-hydrogen) atoms. The molecule has 2 N–H and O–H groups in total. The Balaban J connectivity index is 1.99. The van der Waals surface area contributed by atoms with Crippen LogP contribution in [0.25, 0.3) is 0 Å². The first-order valence-corrected chi connectivity index (χ1v) is 8.39. The van der Waals surface area contributed by atoms with Gasteiger partial charge in [0.2, 0.25) is 0 Å². The number of nitrogens with zero attached hydrogens (tertiary/aromatic N) is 1.